The van der Waals surface area contributed by atoms with Gasteiger partial charge in [-0.3, -0.25) is 4.79 Å². The van der Waals surface area contributed by atoms with E-state index in [2.05, 4.69) is 5.32 Å². The molecular formula is C24H23NO4. The Labute approximate surface area is 170 Å². The fourth-order valence-electron chi connectivity index (χ4n) is 3.24. The zero-order valence-electron chi connectivity index (χ0n) is 16.1. The van der Waals surface area contributed by atoms with Crippen LogP contribution in [-0.4, -0.2) is 30.1 Å². The molecule has 3 rings (SSSR count). The molecule has 0 radical (unpaired) electrons. The van der Waals surface area contributed by atoms with Crippen LogP contribution in [0.15, 0.2) is 84.9 Å². The summed E-state index contributed by atoms with van der Waals surface area (Å²) in [4.78, 5) is 25.6. The number of hydrogen-bond acceptors (Lipinski definition) is 4. The van der Waals surface area contributed by atoms with Crippen LogP contribution in [0.1, 0.15) is 22.6 Å². The summed E-state index contributed by atoms with van der Waals surface area (Å²) in [5, 5.41) is 12.3. The van der Waals surface area contributed by atoms with Crippen LogP contribution < -0.4 is 5.32 Å². The fraction of sp³-hybridized carbons (Fsp3) is 0.167. The number of hydrogen-bond donors (Lipinski definition) is 2. The van der Waals surface area contributed by atoms with Crippen LogP contribution in [0.4, 0.5) is 0 Å². The Hall–Kier alpha value is -3.60. The van der Waals surface area contributed by atoms with Gasteiger partial charge in [-0.15, -0.1) is 0 Å². The monoisotopic (exact) mass is 389 g/mol. The number of carbonyl (C=O) groups excluding carboxylic acids is 2. The third-order valence-electron chi connectivity index (χ3n) is 4.71. The zero-order valence-corrected chi connectivity index (χ0v) is 16.1. The summed E-state index contributed by atoms with van der Waals surface area (Å²) in [6.45, 7) is 0. The molecule has 2 N–H and O–H groups in total. The Balaban J connectivity index is 1.87. The van der Waals surface area contributed by atoms with Crippen LogP contribution in [0.3, 0.4) is 0 Å². The molecule has 0 aliphatic heterocycles. The molecular weight excluding hydrogens is 366 g/mol. The van der Waals surface area contributed by atoms with Gasteiger partial charge in [0.1, 0.15) is 11.8 Å². The van der Waals surface area contributed by atoms with E-state index in [1.54, 1.807) is 24.3 Å². The minimum Gasteiger partial charge on any atom is -0.508 e. The lowest BCUT2D eigenvalue weighted by Gasteiger charge is -2.22. The van der Waals surface area contributed by atoms with Crippen molar-refractivity contribution in [1.82, 2.24) is 5.32 Å². The Morgan fingerprint density at radius 3 is 1.86 bits per heavy atom. The van der Waals surface area contributed by atoms with Gasteiger partial charge in [-0.05, 0) is 28.8 Å². The van der Waals surface area contributed by atoms with Crippen LogP contribution in [0, 0.1) is 0 Å². The van der Waals surface area contributed by atoms with Gasteiger partial charge in [-0.2, -0.15) is 0 Å². The van der Waals surface area contributed by atoms with Crippen LogP contribution in [0.2, 0.25) is 0 Å². The van der Waals surface area contributed by atoms with Gasteiger partial charge < -0.3 is 15.2 Å². The van der Waals surface area contributed by atoms with Crippen LogP contribution in [-0.2, 0) is 20.7 Å². The zero-order chi connectivity index (χ0) is 20.6. The number of nitrogens with one attached hydrogen (secondary N) is 1. The van der Waals surface area contributed by atoms with E-state index in [1.807, 2.05) is 60.7 Å². The maximum Gasteiger partial charge on any atom is 0.328 e. The van der Waals surface area contributed by atoms with Crippen molar-refractivity contribution in [3.05, 3.63) is 102 Å². The first-order chi connectivity index (χ1) is 14.1. The van der Waals surface area contributed by atoms with Gasteiger partial charge in [0.15, 0.2) is 0 Å². The van der Waals surface area contributed by atoms with Gasteiger partial charge in [-0.1, -0.05) is 72.8 Å². The summed E-state index contributed by atoms with van der Waals surface area (Å²) in [6.07, 6.45) is 0.259. The predicted molar refractivity (Wildman–Crippen MR) is 110 cm³/mol. The van der Waals surface area contributed by atoms with Crippen molar-refractivity contribution in [2.45, 2.75) is 18.4 Å². The number of carbonyl (C=O) groups is 2. The number of ether oxygens (including phenoxy) is 1. The lowest BCUT2D eigenvalue weighted by atomic mass is 9.90. The van der Waals surface area contributed by atoms with E-state index in [0.29, 0.717) is 0 Å². The van der Waals surface area contributed by atoms with E-state index in [1.165, 1.54) is 7.11 Å². The smallest absolute Gasteiger partial charge is 0.328 e. The average Bonchev–Trinajstić information content (AvgIpc) is 2.76. The average molecular weight is 389 g/mol. The number of amides is 1. The van der Waals surface area contributed by atoms with E-state index in [4.69, 9.17) is 4.74 Å². The van der Waals surface area contributed by atoms with Crippen molar-refractivity contribution in [3.63, 3.8) is 0 Å². The lowest BCUT2D eigenvalue weighted by Crippen LogP contribution is -2.45. The molecule has 0 aliphatic rings. The van der Waals surface area contributed by atoms with Gasteiger partial charge >= 0.3 is 5.97 Å². The van der Waals surface area contributed by atoms with E-state index >= 15 is 0 Å². The first-order valence-corrected chi connectivity index (χ1v) is 9.34. The summed E-state index contributed by atoms with van der Waals surface area (Å²) in [5.74, 6) is -1.21. The molecule has 0 heterocycles. The van der Waals surface area contributed by atoms with Gasteiger partial charge in [0.25, 0.3) is 0 Å². The number of methoxy groups -OCH3 is 1. The molecule has 1 unspecified atom stereocenters. The number of benzene rings is 3. The SMILES string of the molecule is COC(=O)C(Cc1ccc(O)cc1)NC(=O)C(c1ccccc1)c1ccccc1. The first-order valence-electron chi connectivity index (χ1n) is 9.34. The molecule has 5 nitrogen and oxygen atoms in total. The molecule has 5 heteroatoms. The highest BCUT2D eigenvalue weighted by Crippen LogP contribution is 2.25. The van der Waals surface area contributed by atoms with Gasteiger partial charge in [0.2, 0.25) is 5.91 Å². The van der Waals surface area contributed by atoms with Crippen molar-refractivity contribution in [2.75, 3.05) is 7.11 Å². The van der Waals surface area contributed by atoms with Crippen molar-refractivity contribution in [1.29, 1.82) is 0 Å². The topological polar surface area (TPSA) is 75.6 Å². The number of aromatic hydroxyl groups is 1. The van der Waals surface area contributed by atoms with Crippen molar-refractivity contribution in [3.8, 4) is 5.75 Å². The molecule has 1 atom stereocenters. The number of rotatable bonds is 7. The molecule has 0 aromatic heterocycles. The second-order valence-corrected chi connectivity index (χ2v) is 6.71. The molecule has 0 spiro atoms. The summed E-state index contributed by atoms with van der Waals surface area (Å²) in [7, 11) is 1.30. The quantitative estimate of drug-likeness (QED) is 0.607. The highest BCUT2D eigenvalue weighted by Gasteiger charge is 2.28. The molecule has 0 saturated heterocycles. The second-order valence-electron chi connectivity index (χ2n) is 6.71. The van der Waals surface area contributed by atoms with Gasteiger partial charge in [-0.25, -0.2) is 4.79 Å². The molecule has 148 valence electrons. The minimum absolute atomic E-state index is 0.139. The molecule has 1 amide bonds. The van der Waals surface area contributed by atoms with Crippen LogP contribution >= 0.6 is 0 Å². The summed E-state index contributed by atoms with van der Waals surface area (Å²) in [6, 6.07) is 24.6. The van der Waals surface area contributed by atoms with Crippen molar-refractivity contribution in [2.24, 2.45) is 0 Å². The summed E-state index contributed by atoms with van der Waals surface area (Å²) >= 11 is 0. The van der Waals surface area contributed by atoms with E-state index in [9.17, 15) is 14.7 Å². The molecule has 0 saturated carbocycles. The van der Waals surface area contributed by atoms with E-state index < -0.39 is 17.9 Å². The minimum atomic E-state index is -0.841. The predicted octanol–water partition coefficient (Wildman–Crippen LogP) is 3.42. The maximum atomic E-state index is 13.3. The third-order valence-corrected chi connectivity index (χ3v) is 4.71. The normalized spacial score (nSPS) is 11.7. The number of phenolic OH excluding ortho intramolecular Hbond substituents is 1. The Kier molecular flexibility index (Phi) is 6.63. The van der Waals surface area contributed by atoms with Gasteiger partial charge in [0, 0.05) is 6.42 Å². The van der Waals surface area contributed by atoms with E-state index in [-0.39, 0.29) is 18.1 Å². The third kappa shape index (κ3) is 5.23. The Bertz CT molecular complexity index is 900. The Morgan fingerprint density at radius 1 is 0.862 bits per heavy atom. The highest BCUT2D eigenvalue weighted by molar-refractivity contribution is 5.91. The molecule has 0 fully saturated rings. The van der Waals surface area contributed by atoms with Gasteiger partial charge in [0.05, 0.1) is 13.0 Å². The second kappa shape index (κ2) is 9.55. The molecule has 0 bridgehead atoms. The number of esters is 1. The maximum absolute atomic E-state index is 13.3. The molecule has 0 aliphatic carbocycles. The molecule has 3 aromatic rings. The summed E-state index contributed by atoms with van der Waals surface area (Å²) in [5.41, 5.74) is 2.48. The van der Waals surface area contributed by atoms with Crippen LogP contribution in [0.25, 0.3) is 0 Å². The number of phenols is 1. The summed E-state index contributed by atoms with van der Waals surface area (Å²) < 4.78 is 4.90. The Morgan fingerprint density at radius 2 is 1.38 bits per heavy atom. The van der Waals surface area contributed by atoms with Crippen molar-refractivity contribution < 1.29 is 19.4 Å². The fourth-order valence-corrected chi connectivity index (χ4v) is 3.24. The molecule has 3 aromatic carbocycles. The van der Waals surface area contributed by atoms with Crippen molar-refractivity contribution >= 4 is 11.9 Å². The van der Waals surface area contributed by atoms with Crippen LogP contribution in [0.5, 0.6) is 5.75 Å². The highest BCUT2D eigenvalue weighted by atomic mass is 16.5. The van der Waals surface area contributed by atoms with E-state index in [0.717, 1.165) is 16.7 Å². The first kappa shape index (κ1) is 20.1. The lowest BCUT2D eigenvalue weighted by molar-refractivity contribution is -0.145. The standard InChI is InChI=1S/C24H23NO4/c1-29-24(28)21(16-17-12-14-20(26)15-13-17)25-23(27)22(18-8-4-2-5-9-18)19-10-6-3-7-11-19/h2-15,21-22,26H,16H2,1H3,(H,25,27). The largest absolute Gasteiger partial charge is 0.508 e. The molecule has 29 heavy (non-hydrogen) atoms.